The summed E-state index contributed by atoms with van der Waals surface area (Å²) >= 11 is 0. The lowest BCUT2D eigenvalue weighted by molar-refractivity contribution is 0.0946. The van der Waals surface area contributed by atoms with Gasteiger partial charge >= 0.3 is 6.03 Å². The van der Waals surface area contributed by atoms with Crippen molar-refractivity contribution in [2.75, 3.05) is 31.5 Å². The Labute approximate surface area is 135 Å². The van der Waals surface area contributed by atoms with Gasteiger partial charge in [-0.15, -0.1) is 0 Å². The number of amides is 2. The predicted octanol–water partition coefficient (Wildman–Crippen LogP) is 1.36. The number of nitrogens with one attached hydrogen (secondary N) is 2. The molecule has 1 fully saturated rings. The Hall–Kier alpha value is -2.35. The number of aromatic amines is 1. The maximum absolute atomic E-state index is 12.5. The van der Waals surface area contributed by atoms with Crippen molar-refractivity contribution in [3.05, 3.63) is 30.0 Å². The second-order valence-corrected chi connectivity index (χ2v) is 5.79. The summed E-state index contributed by atoms with van der Waals surface area (Å²) in [6, 6.07) is 1.85. The molecule has 0 aromatic carbocycles. The average molecular weight is 317 g/mol. The van der Waals surface area contributed by atoms with Crippen LogP contribution < -0.4 is 5.32 Å². The maximum Gasteiger partial charge on any atom is 0.323 e. The van der Waals surface area contributed by atoms with Crippen LogP contribution in [0, 0.1) is 6.92 Å². The van der Waals surface area contributed by atoms with Gasteiger partial charge in [-0.1, -0.05) is 6.92 Å². The van der Waals surface area contributed by atoms with Crippen LogP contribution >= 0.6 is 0 Å². The molecule has 0 aliphatic carbocycles. The number of imidazole rings is 1. The van der Waals surface area contributed by atoms with Gasteiger partial charge in [0.1, 0.15) is 5.82 Å². The van der Waals surface area contributed by atoms with Crippen LogP contribution in [0.4, 0.5) is 10.6 Å². The minimum atomic E-state index is -0.115. The standard InChI is InChI=1S/C15H23N7O/c1-4-21-7-8-22(10-12(21)14-16-5-6-17-14)15(23)18-13-9-11(2)20(3)19-13/h5-6,9,12H,4,7-8,10H2,1-3H3,(H,16,17)(H,18,19,23). The Balaban J connectivity index is 1.69. The Bertz CT molecular complexity index is 644. The molecule has 3 rings (SSSR count). The third-order valence-corrected chi connectivity index (χ3v) is 4.37. The second-order valence-electron chi connectivity index (χ2n) is 5.79. The second kappa shape index (κ2) is 6.41. The molecule has 2 N–H and O–H groups in total. The van der Waals surface area contributed by atoms with E-state index in [1.54, 1.807) is 10.9 Å². The number of aryl methyl sites for hydroxylation is 2. The fourth-order valence-corrected chi connectivity index (χ4v) is 2.91. The highest BCUT2D eigenvalue weighted by molar-refractivity contribution is 5.88. The quantitative estimate of drug-likeness (QED) is 0.895. The third kappa shape index (κ3) is 3.21. The van der Waals surface area contributed by atoms with E-state index in [0.29, 0.717) is 18.9 Å². The molecular formula is C15H23N7O. The molecule has 1 aliphatic heterocycles. The Morgan fingerprint density at radius 1 is 1.48 bits per heavy atom. The summed E-state index contributed by atoms with van der Waals surface area (Å²) in [5.74, 6) is 1.49. The number of hydrogen-bond acceptors (Lipinski definition) is 4. The normalized spacial score (nSPS) is 19.1. The Morgan fingerprint density at radius 3 is 2.91 bits per heavy atom. The molecule has 0 radical (unpaired) electrons. The van der Waals surface area contributed by atoms with Gasteiger partial charge in [0.25, 0.3) is 0 Å². The van der Waals surface area contributed by atoms with E-state index in [0.717, 1.165) is 24.6 Å². The SMILES string of the molecule is CCN1CCN(C(=O)Nc2cc(C)n(C)n2)CC1c1ncc[nH]1. The van der Waals surface area contributed by atoms with E-state index in [1.807, 2.05) is 31.1 Å². The molecule has 0 saturated carbocycles. The van der Waals surface area contributed by atoms with Crippen LogP contribution in [0.1, 0.15) is 24.5 Å². The van der Waals surface area contributed by atoms with E-state index >= 15 is 0 Å². The molecular weight excluding hydrogens is 294 g/mol. The van der Waals surface area contributed by atoms with Gasteiger partial charge in [-0.3, -0.25) is 14.9 Å². The summed E-state index contributed by atoms with van der Waals surface area (Å²) in [5, 5.41) is 7.15. The van der Waals surface area contributed by atoms with Gasteiger partial charge in [0.2, 0.25) is 0 Å². The van der Waals surface area contributed by atoms with Crippen molar-refractivity contribution in [3.8, 4) is 0 Å². The van der Waals surface area contributed by atoms with Crippen molar-refractivity contribution >= 4 is 11.8 Å². The van der Waals surface area contributed by atoms with E-state index in [4.69, 9.17) is 0 Å². The van der Waals surface area contributed by atoms with Crippen LogP contribution in [0.3, 0.4) is 0 Å². The van der Waals surface area contributed by atoms with Gasteiger partial charge in [-0.2, -0.15) is 5.10 Å². The summed E-state index contributed by atoms with van der Waals surface area (Å²) in [6.45, 7) is 7.15. The fraction of sp³-hybridized carbons (Fsp3) is 0.533. The summed E-state index contributed by atoms with van der Waals surface area (Å²) < 4.78 is 1.75. The van der Waals surface area contributed by atoms with E-state index < -0.39 is 0 Å². The number of aromatic nitrogens is 4. The van der Waals surface area contributed by atoms with Crippen molar-refractivity contribution < 1.29 is 4.79 Å². The number of nitrogens with zero attached hydrogens (tertiary/aromatic N) is 5. The first-order chi connectivity index (χ1) is 11.1. The smallest absolute Gasteiger partial charge is 0.323 e. The van der Waals surface area contributed by atoms with Crippen LogP contribution in [0.5, 0.6) is 0 Å². The van der Waals surface area contributed by atoms with Crippen molar-refractivity contribution in [2.24, 2.45) is 7.05 Å². The maximum atomic E-state index is 12.5. The molecule has 1 atom stereocenters. The molecule has 1 unspecified atom stereocenters. The zero-order valence-corrected chi connectivity index (χ0v) is 13.8. The first-order valence-corrected chi connectivity index (χ1v) is 7.88. The molecule has 2 aromatic rings. The largest absolute Gasteiger partial charge is 0.347 e. The number of piperazine rings is 1. The number of urea groups is 1. The molecule has 0 bridgehead atoms. The molecule has 1 saturated heterocycles. The average Bonchev–Trinajstić information content (AvgIpc) is 3.17. The van der Waals surface area contributed by atoms with Crippen LogP contribution in [-0.2, 0) is 7.05 Å². The lowest BCUT2D eigenvalue weighted by atomic mass is 10.1. The fourth-order valence-electron chi connectivity index (χ4n) is 2.91. The van der Waals surface area contributed by atoms with Crippen LogP contribution in [0.25, 0.3) is 0 Å². The van der Waals surface area contributed by atoms with Crippen molar-refractivity contribution in [1.29, 1.82) is 0 Å². The van der Waals surface area contributed by atoms with E-state index in [1.165, 1.54) is 0 Å². The monoisotopic (exact) mass is 317 g/mol. The summed E-state index contributed by atoms with van der Waals surface area (Å²) in [4.78, 5) is 24.2. The number of carbonyl (C=O) groups is 1. The summed E-state index contributed by atoms with van der Waals surface area (Å²) in [6.07, 6.45) is 3.57. The molecule has 3 heterocycles. The number of rotatable bonds is 3. The minimum absolute atomic E-state index is 0.0972. The Morgan fingerprint density at radius 2 is 2.30 bits per heavy atom. The van der Waals surface area contributed by atoms with Crippen molar-refractivity contribution in [3.63, 3.8) is 0 Å². The first-order valence-electron chi connectivity index (χ1n) is 7.88. The molecule has 1 aliphatic rings. The lowest BCUT2D eigenvalue weighted by Crippen LogP contribution is -2.51. The molecule has 23 heavy (non-hydrogen) atoms. The molecule has 8 heteroatoms. The molecule has 8 nitrogen and oxygen atoms in total. The molecule has 2 aromatic heterocycles. The zero-order chi connectivity index (χ0) is 16.4. The van der Waals surface area contributed by atoms with E-state index in [-0.39, 0.29) is 12.1 Å². The Kier molecular flexibility index (Phi) is 4.33. The van der Waals surface area contributed by atoms with E-state index in [9.17, 15) is 4.79 Å². The van der Waals surface area contributed by atoms with Crippen molar-refractivity contribution in [1.82, 2.24) is 29.5 Å². The highest BCUT2D eigenvalue weighted by Gasteiger charge is 2.31. The number of likely N-dealkylation sites (N-methyl/N-ethyl adjacent to an activating group) is 1. The van der Waals surface area contributed by atoms with Crippen molar-refractivity contribution in [2.45, 2.75) is 19.9 Å². The lowest BCUT2D eigenvalue weighted by Gasteiger charge is -2.39. The van der Waals surface area contributed by atoms with Crippen LogP contribution in [0.15, 0.2) is 18.5 Å². The van der Waals surface area contributed by atoms with Gasteiger partial charge in [0.05, 0.1) is 6.04 Å². The third-order valence-electron chi connectivity index (χ3n) is 4.37. The van der Waals surface area contributed by atoms with Gasteiger partial charge in [0, 0.05) is 50.8 Å². The first kappa shape index (κ1) is 15.5. The summed E-state index contributed by atoms with van der Waals surface area (Å²) in [7, 11) is 1.86. The molecule has 0 spiro atoms. The number of carbonyl (C=O) groups excluding carboxylic acids is 1. The molecule has 124 valence electrons. The number of hydrogen-bond donors (Lipinski definition) is 2. The van der Waals surface area contributed by atoms with Gasteiger partial charge in [-0.05, 0) is 13.5 Å². The van der Waals surface area contributed by atoms with E-state index in [2.05, 4.69) is 32.2 Å². The predicted molar refractivity (Wildman–Crippen MR) is 87.1 cm³/mol. The van der Waals surface area contributed by atoms with Gasteiger partial charge in [-0.25, -0.2) is 9.78 Å². The van der Waals surface area contributed by atoms with Crippen LogP contribution in [-0.4, -0.2) is 61.8 Å². The molecule has 2 amide bonds. The minimum Gasteiger partial charge on any atom is -0.347 e. The highest BCUT2D eigenvalue weighted by Crippen LogP contribution is 2.23. The topological polar surface area (TPSA) is 82.1 Å². The zero-order valence-electron chi connectivity index (χ0n) is 13.8. The van der Waals surface area contributed by atoms with Gasteiger partial charge < -0.3 is 9.88 Å². The number of H-pyrrole nitrogens is 1. The van der Waals surface area contributed by atoms with Gasteiger partial charge in [0.15, 0.2) is 5.82 Å². The number of anilines is 1. The highest BCUT2D eigenvalue weighted by atomic mass is 16.2. The van der Waals surface area contributed by atoms with Crippen LogP contribution in [0.2, 0.25) is 0 Å². The summed E-state index contributed by atoms with van der Waals surface area (Å²) in [5.41, 5.74) is 1.00.